The van der Waals surface area contributed by atoms with Crippen LogP contribution in [-0.4, -0.2) is 32.7 Å². The van der Waals surface area contributed by atoms with Crippen molar-refractivity contribution in [1.29, 1.82) is 0 Å². The highest BCUT2D eigenvalue weighted by Crippen LogP contribution is 2.39. The summed E-state index contributed by atoms with van der Waals surface area (Å²) in [6.07, 6.45) is 5.69. The van der Waals surface area contributed by atoms with Crippen LogP contribution in [0.5, 0.6) is 0 Å². The number of hydrogen-bond acceptors (Lipinski definition) is 5. The Morgan fingerprint density at radius 1 is 1.08 bits per heavy atom. The van der Waals surface area contributed by atoms with Gasteiger partial charge in [-0.25, -0.2) is 9.97 Å². The lowest BCUT2D eigenvalue weighted by Gasteiger charge is -2.37. The number of anilines is 1. The van der Waals surface area contributed by atoms with Gasteiger partial charge < -0.3 is 4.90 Å². The lowest BCUT2D eigenvalue weighted by Crippen LogP contribution is -2.38. The zero-order valence-corrected chi connectivity index (χ0v) is 16.9. The molecule has 26 heavy (non-hydrogen) atoms. The summed E-state index contributed by atoms with van der Waals surface area (Å²) in [5.41, 5.74) is 1.16. The van der Waals surface area contributed by atoms with E-state index >= 15 is 0 Å². The number of benzene rings is 1. The molecular formula is C18H19Cl2N5S. The summed E-state index contributed by atoms with van der Waals surface area (Å²) in [5, 5.41) is 5.48. The first-order valence-electron chi connectivity index (χ1n) is 8.50. The lowest BCUT2D eigenvalue weighted by molar-refractivity contribution is 0.277. The van der Waals surface area contributed by atoms with E-state index < -0.39 is 0 Å². The third-order valence-electron chi connectivity index (χ3n) is 4.79. The van der Waals surface area contributed by atoms with Crippen molar-refractivity contribution in [1.82, 2.24) is 19.6 Å². The number of piperidine rings is 1. The molecule has 2 aromatic heterocycles. The summed E-state index contributed by atoms with van der Waals surface area (Å²) in [5.74, 6) is 0.842. The Morgan fingerprint density at radius 3 is 2.62 bits per heavy atom. The molecule has 0 amide bonds. The summed E-state index contributed by atoms with van der Waals surface area (Å²) in [7, 11) is 0. The third kappa shape index (κ3) is 3.38. The van der Waals surface area contributed by atoms with E-state index in [1.807, 2.05) is 22.8 Å². The van der Waals surface area contributed by atoms with E-state index in [4.69, 9.17) is 23.2 Å². The topological polar surface area (TPSA) is 46.3 Å². The van der Waals surface area contributed by atoms with Crippen molar-refractivity contribution < 1.29 is 0 Å². The Labute approximate surface area is 166 Å². The molecule has 0 N–H and O–H groups in total. The van der Waals surface area contributed by atoms with Gasteiger partial charge in [0.25, 0.3) is 0 Å². The summed E-state index contributed by atoms with van der Waals surface area (Å²) >= 11 is 13.9. The van der Waals surface area contributed by atoms with Gasteiger partial charge in [-0.1, -0.05) is 54.9 Å². The first-order chi connectivity index (χ1) is 12.4. The Kier molecular flexibility index (Phi) is 4.75. The molecular weight excluding hydrogens is 389 g/mol. The van der Waals surface area contributed by atoms with Gasteiger partial charge in [-0.15, -0.1) is 0 Å². The van der Waals surface area contributed by atoms with Crippen molar-refractivity contribution in [3.8, 4) is 0 Å². The average molecular weight is 408 g/mol. The molecule has 136 valence electrons. The molecule has 0 radical (unpaired) electrons. The molecule has 0 spiro atoms. The van der Waals surface area contributed by atoms with Crippen molar-refractivity contribution >= 4 is 46.6 Å². The predicted octanol–water partition coefficient (Wildman–Crippen LogP) is 5.21. The SMILES string of the molecule is CC1(C)CCN(c2ncc(Sc3cccc(Cl)c3Cl)c3ncnn23)CC1. The van der Waals surface area contributed by atoms with E-state index in [1.165, 1.54) is 11.8 Å². The zero-order chi connectivity index (χ0) is 18.3. The minimum atomic E-state index is 0.386. The largest absolute Gasteiger partial charge is 0.341 e. The monoisotopic (exact) mass is 407 g/mol. The normalized spacial score (nSPS) is 17.0. The van der Waals surface area contributed by atoms with Gasteiger partial charge in [0, 0.05) is 24.2 Å². The molecule has 1 aliphatic heterocycles. The second-order valence-electron chi connectivity index (χ2n) is 7.22. The minimum absolute atomic E-state index is 0.386. The van der Waals surface area contributed by atoms with Crippen LogP contribution < -0.4 is 4.90 Å². The van der Waals surface area contributed by atoms with Crippen LogP contribution in [0.1, 0.15) is 26.7 Å². The maximum atomic E-state index is 6.32. The summed E-state index contributed by atoms with van der Waals surface area (Å²) in [6.45, 7) is 6.58. The zero-order valence-electron chi connectivity index (χ0n) is 14.6. The maximum absolute atomic E-state index is 6.32. The second kappa shape index (κ2) is 6.91. The van der Waals surface area contributed by atoms with Crippen molar-refractivity contribution in [3.05, 3.63) is 40.8 Å². The van der Waals surface area contributed by atoms with Gasteiger partial charge in [0.1, 0.15) is 6.33 Å². The number of aromatic nitrogens is 4. The van der Waals surface area contributed by atoms with Gasteiger partial charge in [0.2, 0.25) is 5.95 Å². The molecule has 3 aromatic rings. The Bertz CT molecular complexity index is 946. The van der Waals surface area contributed by atoms with Crippen molar-refractivity contribution in [2.75, 3.05) is 18.0 Å². The summed E-state index contributed by atoms with van der Waals surface area (Å²) < 4.78 is 1.82. The highest BCUT2D eigenvalue weighted by atomic mass is 35.5. The van der Waals surface area contributed by atoms with Crippen LogP contribution in [0.25, 0.3) is 5.65 Å². The van der Waals surface area contributed by atoms with Crippen LogP contribution in [0.2, 0.25) is 10.0 Å². The molecule has 5 nitrogen and oxygen atoms in total. The standard InChI is InChI=1S/C18H19Cl2N5S/c1-18(2)6-8-24(9-7-18)17-21-10-14(16-22-11-23-25(16)17)26-13-5-3-4-12(19)15(13)20/h3-5,10-11H,6-9H2,1-2H3. The summed E-state index contributed by atoms with van der Waals surface area (Å²) in [4.78, 5) is 13.2. The predicted molar refractivity (Wildman–Crippen MR) is 107 cm³/mol. The van der Waals surface area contributed by atoms with Gasteiger partial charge in [0.15, 0.2) is 5.65 Å². The molecule has 3 heterocycles. The van der Waals surface area contributed by atoms with Crippen LogP contribution in [0.3, 0.4) is 0 Å². The smallest absolute Gasteiger partial charge is 0.228 e. The number of halogens is 2. The van der Waals surface area contributed by atoms with Crippen molar-refractivity contribution in [2.24, 2.45) is 5.41 Å². The molecule has 0 saturated carbocycles. The van der Waals surface area contributed by atoms with E-state index in [1.54, 1.807) is 12.4 Å². The van der Waals surface area contributed by atoms with E-state index in [0.29, 0.717) is 15.5 Å². The average Bonchev–Trinajstić information content (AvgIpc) is 3.10. The van der Waals surface area contributed by atoms with Crippen LogP contribution in [0, 0.1) is 5.41 Å². The number of rotatable bonds is 3. The van der Waals surface area contributed by atoms with E-state index in [2.05, 4.69) is 33.8 Å². The fraction of sp³-hybridized carbons (Fsp3) is 0.389. The van der Waals surface area contributed by atoms with Gasteiger partial charge in [-0.2, -0.15) is 9.61 Å². The van der Waals surface area contributed by atoms with Gasteiger partial charge in [-0.3, -0.25) is 0 Å². The first kappa shape index (κ1) is 17.9. The van der Waals surface area contributed by atoms with Gasteiger partial charge in [-0.05, 0) is 30.4 Å². The van der Waals surface area contributed by atoms with Crippen LogP contribution in [0.4, 0.5) is 5.95 Å². The number of nitrogens with zero attached hydrogens (tertiary/aromatic N) is 5. The number of hydrogen-bond donors (Lipinski definition) is 0. The van der Waals surface area contributed by atoms with E-state index in [9.17, 15) is 0 Å². The number of fused-ring (bicyclic) bond motifs is 1. The maximum Gasteiger partial charge on any atom is 0.228 e. The van der Waals surface area contributed by atoms with Crippen molar-refractivity contribution in [3.63, 3.8) is 0 Å². The Morgan fingerprint density at radius 2 is 1.85 bits per heavy atom. The highest BCUT2D eigenvalue weighted by molar-refractivity contribution is 7.99. The lowest BCUT2D eigenvalue weighted by atomic mass is 9.83. The van der Waals surface area contributed by atoms with Gasteiger partial charge >= 0.3 is 0 Å². The molecule has 0 aliphatic carbocycles. The summed E-state index contributed by atoms with van der Waals surface area (Å²) in [6, 6.07) is 5.60. The molecule has 0 unspecified atom stereocenters. The van der Waals surface area contributed by atoms with Gasteiger partial charge in [0.05, 0.1) is 14.9 Å². The molecule has 0 atom stereocenters. The van der Waals surface area contributed by atoms with E-state index in [-0.39, 0.29) is 0 Å². The Hall–Kier alpha value is -1.50. The molecule has 8 heteroatoms. The molecule has 4 rings (SSSR count). The fourth-order valence-corrected chi connectivity index (χ4v) is 4.46. The second-order valence-corrected chi connectivity index (χ2v) is 9.09. The van der Waals surface area contributed by atoms with E-state index in [0.717, 1.165) is 47.3 Å². The molecule has 1 saturated heterocycles. The minimum Gasteiger partial charge on any atom is -0.341 e. The molecule has 1 aliphatic rings. The first-order valence-corrected chi connectivity index (χ1v) is 10.1. The van der Waals surface area contributed by atoms with Crippen LogP contribution in [-0.2, 0) is 0 Å². The molecule has 0 bridgehead atoms. The quantitative estimate of drug-likeness (QED) is 0.596. The third-order valence-corrected chi connectivity index (χ3v) is 6.79. The van der Waals surface area contributed by atoms with Crippen molar-refractivity contribution in [2.45, 2.75) is 36.5 Å². The van der Waals surface area contributed by atoms with Crippen LogP contribution >= 0.6 is 35.0 Å². The molecule has 1 fully saturated rings. The van der Waals surface area contributed by atoms with Crippen LogP contribution in [0.15, 0.2) is 40.5 Å². The fourth-order valence-electron chi connectivity index (χ4n) is 3.07. The molecule has 1 aromatic carbocycles. The highest BCUT2D eigenvalue weighted by Gasteiger charge is 2.27. The Balaban J connectivity index is 1.67.